The number of anilines is 3. The van der Waals surface area contributed by atoms with Crippen molar-refractivity contribution in [2.45, 2.75) is 90.0 Å². The Balaban J connectivity index is 0.720. The van der Waals surface area contributed by atoms with E-state index in [1.807, 2.05) is 72.1 Å². The van der Waals surface area contributed by atoms with Crippen LogP contribution in [-0.4, -0.2) is 38.7 Å². The van der Waals surface area contributed by atoms with Gasteiger partial charge in [-0.05, 0) is 111 Å². The third-order valence-electron chi connectivity index (χ3n) is 16.6. The van der Waals surface area contributed by atoms with Crippen LogP contribution in [0.25, 0.3) is 5.57 Å². The van der Waals surface area contributed by atoms with Gasteiger partial charge in [0.05, 0.1) is 29.1 Å². The molecule has 2 N–H and O–H groups in total. The third kappa shape index (κ3) is 9.49. The van der Waals surface area contributed by atoms with Gasteiger partial charge in [-0.25, -0.2) is 19.9 Å². The van der Waals surface area contributed by atoms with Crippen LogP contribution in [0.3, 0.4) is 0 Å². The number of hydrogen-bond donors (Lipinski definition) is 1. The van der Waals surface area contributed by atoms with Crippen molar-refractivity contribution >= 4 is 57.8 Å². The number of amidine groups is 2. The molecule has 0 amide bonds. The number of aliphatic imine (C=N–C) groups is 2. The molecule has 1 fully saturated rings. The molecule has 0 radical (unpaired) electrons. The molecule has 0 spiro atoms. The van der Waals surface area contributed by atoms with Gasteiger partial charge < -0.3 is 15.5 Å². The Hall–Kier alpha value is -7.79. The lowest BCUT2D eigenvalue weighted by Gasteiger charge is -2.40. The van der Waals surface area contributed by atoms with Gasteiger partial charge in [0, 0.05) is 71.4 Å². The zero-order valence-corrected chi connectivity index (χ0v) is 45.2. The highest BCUT2D eigenvalue weighted by atomic mass is 32.2. The lowest BCUT2D eigenvalue weighted by molar-refractivity contribution is 0.537. The number of rotatable bonds is 10. The van der Waals surface area contributed by atoms with Crippen molar-refractivity contribution in [1.82, 2.24) is 15.0 Å². The normalized spacial score (nSPS) is 25.1. The second-order valence-electron chi connectivity index (χ2n) is 21.5. The van der Waals surface area contributed by atoms with Gasteiger partial charge in [-0.1, -0.05) is 187 Å². The Kier molecular flexibility index (Phi) is 13.0. The van der Waals surface area contributed by atoms with Gasteiger partial charge in [0.1, 0.15) is 17.5 Å². The molecule has 5 aromatic carbocycles. The molecule has 14 rings (SSSR count). The van der Waals surface area contributed by atoms with Gasteiger partial charge in [0.15, 0.2) is 11.7 Å². The van der Waals surface area contributed by atoms with Crippen molar-refractivity contribution in [3.63, 3.8) is 0 Å². The van der Waals surface area contributed by atoms with Gasteiger partial charge >= 0.3 is 0 Å². The van der Waals surface area contributed by atoms with E-state index in [1.165, 1.54) is 65.6 Å². The predicted octanol–water partition coefficient (Wildman–Crippen LogP) is 15.7. The van der Waals surface area contributed by atoms with E-state index >= 15 is 0 Å². The summed E-state index contributed by atoms with van der Waals surface area (Å²) >= 11 is 3.78. The number of benzene rings is 5. The van der Waals surface area contributed by atoms with Gasteiger partial charge in [-0.15, -0.1) is 0 Å². The highest BCUT2D eigenvalue weighted by molar-refractivity contribution is 8.03. The fraction of sp³-hybridized carbons (Fsp3) is 0.221. The average molecular weight is 1050 g/mol. The van der Waals surface area contributed by atoms with E-state index in [1.54, 1.807) is 0 Å². The third-order valence-corrected chi connectivity index (χ3v) is 18.8. The Morgan fingerprint density at radius 2 is 1.41 bits per heavy atom. The van der Waals surface area contributed by atoms with E-state index < -0.39 is 0 Å². The number of para-hydroxylation sites is 2. The van der Waals surface area contributed by atoms with Crippen LogP contribution < -0.4 is 15.5 Å². The first-order valence-electron chi connectivity index (χ1n) is 27.7. The van der Waals surface area contributed by atoms with E-state index in [2.05, 4.69) is 181 Å². The van der Waals surface area contributed by atoms with Crippen molar-refractivity contribution in [3.05, 3.63) is 263 Å². The number of hydrogen-bond acceptors (Lipinski definition) is 8. The molecule has 6 aliphatic carbocycles. The molecule has 0 saturated heterocycles. The van der Waals surface area contributed by atoms with Gasteiger partial charge in [0.25, 0.3) is 0 Å². The van der Waals surface area contributed by atoms with Crippen LogP contribution in [-0.2, 0) is 0 Å². The fourth-order valence-electron chi connectivity index (χ4n) is 12.2. The first-order chi connectivity index (χ1) is 38.5. The molecule has 8 unspecified atom stereocenters. The minimum absolute atomic E-state index is 0.0310. The van der Waals surface area contributed by atoms with Crippen LogP contribution >= 0.6 is 23.5 Å². The zero-order chi connectivity index (χ0) is 52.1. The number of aromatic nitrogens is 3. The van der Waals surface area contributed by atoms with Crippen LogP contribution in [0.2, 0.25) is 0 Å². The van der Waals surface area contributed by atoms with Gasteiger partial charge in [-0.3, -0.25) is 4.99 Å². The summed E-state index contributed by atoms with van der Waals surface area (Å²) < 4.78 is 0. The highest BCUT2D eigenvalue weighted by Crippen LogP contribution is 2.55. The number of nitrogens with zero attached hydrogens (tertiary/aromatic N) is 7. The largest absolute Gasteiger partial charge is 0.383 e. The first-order valence-corrected chi connectivity index (χ1v) is 29.3. The molecule has 1 saturated carbocycles. The zero-order valence-electron chi connectivity index (χ0n) is 43.6. The number of fused-ring (bicyclic) bond motifs is 4. The summed E-state index contributed by atoms with van der Waals surface area (Å²) in [5, 5.41) is 0. The quantitative estimate of drug-likeness (QED) is 0.0823. The Bertz CT molecular complexity index is 3690. The summed E-state index contributed by atoms with van der Waals surface area (Å²) in [7, 11) is 0. The Labute approximate surface area is 466 Å². The summed E-state index contributed by atoms with van der Waals surface area (Å²) in [5.74, 6) is 5.61. The SMILES string of the molecule is CC(N=C(N=C(N)c1ccccc1)c1ccccc1)C1C=CC(N2C3=C(C=CC(c4ccc5c(c4)Sc4ccccc4N5C4C=CC(c5nc(C6=CC=CC7CC67)nc(C6C=CC=CC6)n5)CC4)C3)Sc3ccccc32)=CC1. The molecule has 78 heavy (non-hydrogen) atoms. The minimum atomic E-state index is -0.0310. The molecule has 8 aliphatic rings. The first kappa shape index (κ1) is 48.6. The molecule has 1 aromatic heterocycles. The summed E-state index contributed by atoms with van der Waals surface area (Å²) in [5.41, 5.74) is 17.3. The van der Waals surface area contributed by atoms with Gasteiger partial charge in [0.2, 0.25) is 0 Å². The van der Waals surface area contributed by atoms with Crippen molar-refractivity contribution in [2.75, 3.05) is 9.80 Å². The molecular weight excluding hydrogens is 993 g/mol. The molecule has 0 bridgehead atoms. The summed E-state index contributed by atoms with van der Waals surface area (Å²) in [6, 6.07) is 45.3. The highest BCUT2D eigenvalue weighted by Gasteiger charge is 2.42. The van der Waals surface area contributed by atoms with Crippen LogP contribution in [0.5, 0.6) is 0 Å². The molecule has 384 valence electrons. The molecule has 6 aromatic rings. The average Bonchev–Trinajstić information content (AvgIpc) is 4.34. The monoisotopic (exact) mass is 1050 g/mol. The molecule has 8 nitrogen and oxygen atoms in total. The molecule has 2 aliphatic heterocycles. The lowest BCUT2D eigenvalue weighted by atomic mass is 9.88. The van der Waals surface area contributed by atoms with Crippen LogP contribution in [0.1, 0.15) is 97.4 Å². The van der Waals surface area contributed by atoms with E-state index in [9.17, 15) is 0 Å². The second-order valence-corrected chi connectivity index (χ2v) is 23.7. The lowest BCUT2D eigenvalue weighted by Crippen LogP contribution is -2.33. The fourth-order valence-corrected chi connectivity index (χ4v) is 14.4. The van der Waals surface area contributed by atoms with Crippen LogP contribution in [0.4, 0.5) is 17.1 Å². The Morgan fingerprint density at radius 3 is 2.18 bits per heavy atom. The molecular formula is C68H60N8S2. The van der Waals surface area contributed by atoms with Crippen molar-refractivity contribution in [3.8, 4) is 0 Å². The molecule has 3 heterocycles. The summed E-state index contributed by atoms with van der Waals surface area (Å²) in [6.07, 6.45) is 38.0. The standard InChI is InChI=1S/C68H60N8S2/c1-43(70-65(46-18-7-3-8-19-46)71-64(69)45-16-5-2-6-17-45)44-28-34-53(35-29-44)76-57-25-12-13-26-60(57)77-62-39-33-49(41-59(62)76)50-32-38-58-63(42-50)78-61-27-14-11-24-56(61)75(58)52-36-30-48(31-37-52)67-72-66(47-20-9-4-10-21-47)73-68(74-67)54-23-15-22-51-40-55(51)54/h2-20,22-28,30,32-36,38-39,42-44,47-49,51-52,55H,21,29,31,37,40-41H2,1H3,(H2,69,70,71). The second kappa shape index (κ2) is 20.9. The van der Waals surface area contributed by atoms with Crippen LogP contribution in [0, 0.1) is 17.8 Å². The summed E-state index contributed by atoms with van der Waals surface area (Å²) in [6.45, 7) is 2.19. The maximum atomic E-state index is 6.58. The maximum absolute atomic E-state index is 6.58. The van der Waals surface area contributed by atoms with Crippen LogP contribution in [0.15, 0.2) is 253 Å². The van der Waals surface area contributed by atoms with E-state index in [-0.39, 0.29) is 35.8 Å². The number of allylic oxidation sites excluding steroid dienone is 14. The number of thioether (sulfide) groups is 1. The van der Waals surface area contributed by atoms with E-state index in [4.69, 9.17) is 30.7 Å². The molecule has 10 heteroatoms. The van der Waals surface area contributed by atoms with Crippen molar-refractivity contribution < 1.29 is 0 Å². The van der Waals surface area contributed by atoms with Gasteiger partial charge in [-0.2, -0.15) is 0 Å². The van der Waals surface area contributed by atoms with Crippen molar-refractivity contribution in [2.24, 2.45) is 33.5 Å². The predicted molar refractivity (Wildman–Crippen MR) is 321 cm³/mol. The topological polar surface area (TPSA) is 95.9 Å². The van der Waals surface area contributed by atoms with E-state index in [0.29, 0.717) is 23.5 Å². The number of nitrogens with two attached hydrogens (primary N) is 1. The maximum Gasteiger partial charge on any atom is 0.159 e. The Morgan fingerprint density at radius 1 is 0.654 bits per heavy atom. The smallest absolute Gasteiger partial charge is 0.159 e. The molecule has 8 atom stereocenters. The van der Waals surface area contributed by atoms with E-state index in [0.717, 1.165) is 60.7 Å². The summed E-state index contributed by atoms with van der Waals surface area (Å²) in [4.78, 5) is 36.1. The van der Waals surface area contributed by atoms with Crippen molar-refractivity contribution in [1.29, 1.82) is 0 Å². The minimum Gasteiger partial charge on any atom is -0.383 e.